The van der Waals surface area contributed by atoms with Crippen molar-refractivity contribution < 1.29 is 13.2 Å². The van der Waals surface area contributed by atoms with Gasteiger partial charge < -0.3 is 9.80 Å². The lowest BCUT2D eigenvalue weighted by Crippen LogP contribution is -2.53. The Balaban J connectivity index is 1.85. The third kappa shape index (κ3) is 3.84. The molecule has 0 radical (unpaired) electrons. The summed E-state index contributed by atoms with van der Waals surface area (Å²) in [7, 11) is 1.53. The molecular formula is C20H25N3O3S. The zero-order valence-electron chi connectivity index (χ0n) is 15.9. The Hall–Kier alpha value is -2.38. The van der Waals surface area contributed by atoms with Gasteiger partial charge in [0.25, 0.3) is 0 Å². The molecule has 6 nitrogen and oxygen atoms in total. The van der Waals surface area contributed by atoms with E-state index in [0.29, 0.717) is 13.0 Å². The summed E-state index contributed by atoms with van der Waals surface area (Å²) >= 11 is 0. The van der Waals surface area contributed by atoms with E-state index in [1.54, 1.807) is 29.2 Å². The molecule has 2 aromatic rings. The van der Waals surface area contributed by atoms with E-state index in [9.17, 15) is 13.2 Å². The second-order valence-corrected chi connectivity index (χ2v) is 8.89. The molecule has 144 valence electrons. The first kappa shape index (κ1) is 19.4. The maximum absolute atomic E-state index is 13.0. The lowest BCUT2D eigenvalue weighted by molar-refractivity contribution is -0.123. The van der Waals surface area contributed by atoms with Crippen molar-refractivity contribution in [3.63, 3.8) is 0 Å². The second-order valence-electron chi connectivity index (χ2n) is 6.89. The molecule has 1 aliphatic heterocycles. The summed E-state index contributed by atoms with van der Waals surface area (Å²) in [5.41, 5.74) is 1.72. The van der Waals surface area contributed by atoms with Gasteiger partial charge in [-0.3, -0.25) is 4.79 Å². The number of benzene rings is 2. The minimum Gasteiger partial charge on any atom is -0.378 e. The fraction of sp³-hybridized carbons (Fsp3) is 0.350. The minimum atomic E-state index is -3.75. The number of rotatable bonds is 5. The molecular weight excluding hydrogens is 362 g/mol. The van der Waals surface area contributed by atoms with Crippen LogP contribution in [-0.4, -0.2) is 52.4 Å². The van der Waals surface area contributed by atoms with Crippen LogP contribution in [0.1, 0.15) is 12.8 Å². The molecule has 1 saturated heterocycles. The standard InChI is InChI=1S/C20H25N3O3S/c1-21(2)16-11-13-18(14-12-16)27(25,26)22(3)19-10-7-15-23(20(19)24)17-8-5-4-6-9-17/h4-6,8-9,11-14,19H,7,10,15H2,1-3H3/t19-/m1/s1. The summed E-state index contributed by atoms with van der Waals surface area (Å²) in [5.74, 6) is -0.177. The Kier molecular flexibility index (Phi) is 5.53. The van der Waals surface area contributed by atoms with Gasteiger partial charge in [-0.25, -0.2) is 8.42 Å². The first-order chi connectivity index (χ1) is 12.8. The van der Waals surface area contributed by atoms with Crippen LogP contribution in [0.2, 0.25) is 0 Å². The number of anilines is 2. The molecule has 1 atom stereocenters. The van der Waals surface area contributed by atoms with Crippen LogP contribution in [0.25, 0.3) is 0 Å². The van der Waals surface area contributed by atoms with Crippen molar-refractivity contribution in [2.24, 2.45) is 0 Å². The molecule has 0 N–H and O–H groups in total. The van der Waals surface area contributed by atoms with E-state index in [1.165, 1.54) is 11.4 Å². The van der Waals surface area contributed by atoms with Gasteiger partial charge in [0.2, 0.25) is 15.9 Å². The van der Waals surface area contributed by atoms with Gasteiger partial charge in [0.15, 0.2) is 0 Å². The maximum Gasteiger partial charge on any atom is 0.245 e. The van der Waals surface area contributed by atoms with Crippen molar-refractivity contribution in [1.82, 2.24) is 4.31 Å². The molecule has 2 aromatic carbocycles. The Morgan fingerprint density at radius 3 is 2.19 bits per heavy atom. The van der Waals surface area contributed by atoms with Crippen LogP contribution >= 0.6 is 0 Å². The Morgan fingerprint density at radius 1 is 0.963 bits per heavy atom. The smallest absolute Gasteiger partial charge is 0.245 e. The van der Waals surface area contributed by atoms with Gasteiger partial charge in [0.1, 0.15) is 6.04 Å². The Bertz CT molecular complexity index is 896. The van der Waals surface area contributed by atoms with Crippen molar-refractivity contribution >= 4 is 27.3 Å². The summed E-state index contributed by atoms with van der Waals surface area (Å²) in [6.07, 6.45) is 1.28. The fourth-order valence-electron chi connectivity index (χ4n) is 3.31. The van der Waals surface area contributed by atoms with Gasteiger partial charge in [-0.15, -0.1) is 0 Å². The molecule has 0 spiro atoms. The molecule has 7 heteroatoms. The predicted molar refractivity (Wildman–Crippen MR) is 108 cm³/mol. The van der Waals surface area contributed by atoms with Crippen molar-refractivity contribution in [2.75, 3.05) is 37.5 Å². The van der Waals surface area contributed by atoms with Crippen LogP contribution in [0, 0.1) is 0 Å². The van der Waals surface area contributed by atoms with Gasteiger partial charge in [0, 0.05) is 39.1 Å². The van der Waals surface area contributed by atoms with E-state index in [1.807, 2.05) is 49.3 Å². The predicted octanol–water partition coefficient (Wildman–Crippen LogP) is 2.57. The number of carbonyl (C=O) groups is 1. The molecule has 1 aliphatic rings. The number of piperidine rings is 1. The van der Waals surface area contributed by atoms with Crippen LogP contribution in [0.5, 0.6) is 0 Å². The number of nitrogens with zero attached hydrogens (tertiary/aromatic N) is 3. The third-order valence-corrected chi connectivity index (χ3v) is 6.83. The number of sulfonamides is 1. The summed E-state index contributed by atoms with van der Waals surface area (Å²) in [5, 5.41) is 0. The van der Waals surface area contributed by atoms with Crippen LogP contribution in [0.4, 0.5) is 11.4 Å². The molecule has 1 fully saturated rings. The van der Waals surface area contributed by atoms with Gasteiger partial charge in [-0.1, -0.05) is 18.2 Å². The van der Waals surface area contributed by atoms with E-state index in [2.05, 4.69) is 0 Å². The molecule has 27 heavy (non-hydrogen) atoms. The topological polar surface area (TPSA) is 60.9 Å². The zero-order chi connectivity index (χ0) is 19.6. The first-order valence-electron chi connectivity index (χ1n) is 8.94. The average Bonchev–Trinajstić information content (AvgIpc) is 2.68. The van der Waals surface area contributed by atoms with E-state index < -0.39 is 16.1 Å². The van der Waals surface area contributed by atoms with Crippen molar-refractivity contribution in [1.29, 1.82) is 0 Å². The van der Waals surface area contributed by atoms with Gasteiger partial charge in [0.05, 0.1) is 4.90 Å². The second kappa shape index (κ2) is 7.70. The lowest BCUT2D eigenvalue weighted by Gasteiger charge is -2.36. The largest absolute Gasteiger partial charge is 0.378 e. The highest BCUT2D eigenvalue weighted by molar-refractivity contribution is 7.89. The van der Waals surface area contributed by atoms with Gasteiger partial charge in [-0.05, 0) is 49.2 Å². The zero-order valence-corrected chi connectivity index (χ0v) is 16.7. The Morgan fingerprint density at radius 2 is 1.59 bits per heavy atom. The summed E-state index contributed by atoms with van der Waals surface area (Å²) in [4.78, 5) is 16.8. The molecule has 0 saturated carbocycles. The minimum absolute atomic E-state index is 0.177. The monoisotopic (exact) mass is 387 g/mol. The summed E-state index contributed by atoms with van der Waals surface area (Å²) in [6.45, 7) is 0.602. The normalized spacial score (nSPS) is 18.0. The molecule has 3 rings (SSSR count). The highest BCUT2D eigenvalue weighted by Crippen LogP contribution is 2.27. The molecule has 1 heterocycles. The van der Waals surface area contributed by atoms with Crippen molar-refractivity contribution in [3.05, 3.63) is 54.6 Å². The SMILES string of the molecule is CN(C)c1ccc(S(=O)(=O)N(C)[C@@H]2CCCN(c3ccccc3)C2=O)cc1. The number of carbonyl (C=O) groups excluding carboxylic acids is 1. The number of likely N-dealkylation sites (N-methyl/N-ethyl adjacent to an activating group) is 1. The van der Waals surface area contributed by atoms with E-state index in [0.717, 1.165) is 17.8 Å². The molecule has 0 aliphatic carbocycles. The van der Waals surface area contributed by atoms with Crippen LogP contribution in [-0.2, 0) is 14.8 Å². The van der Waals surface area contributed by atoms with Crippen molar-refractivity contribution in [3.8, 4) is 0 Å². The number of hydrogen-bond acceptors (Lipinski definition) is 4. The summed E-state index contributed by atoms with van der Waals surface area (Å²) < 4.78 is 27.3. The van der Waals surface area contributed by atoms with E-state index in [-0.39, 0.29) is 10.8 Å². The van der Waals surface area contributed by atoms with Crippen molar-refractivity contribution in [2.45, 2.75) is 23.8 Å². The van der Waals surface area contributed by atoms with Crippen LogP contribution < -0.4 is 9.80 Å². The van der Waals surface area contributed by atoms with E-state index >= 15 is 0 Å². The van der Waals surface area contributed by atoms with Gasteiger partial charge in [-0.2, -0.15) is 4.31 Å². The highest BCUT2D eigenvalue weighted by Gasteiger charge is 2.38. The quantitative estimate of drug-likeness (QED) is 0.791. The van der Waals surface area contributed by atoms with Gasteiger partial charge >= 0.3 is 0 Å². The first-order valence-corrected chi connectivity index (χ1v) is 10.4. The lowest BCUT2D eigenvalue weighted by atomic mass is 10.0. The molecule has 0 aromatic heterocycles. The average molecular weight is 388 g/mol. The van der Waals surface area contributed by atoms with E-state index in [4.69, 9.17) is 0 Å². The molecule has 0 unspecified atom stereocenters. The number of para-hydroxylation sites is 1. The highest BCUT2D eigenvalue weighted by atomic mass is 32.2. The molecule has 1 amide bonds. The van der Waals surface area contributed by atoms with Crippen LogP contribution in [0.15, 0.2) is 59.5 Å². The third-order valence-electron chi connectivity index (χ3n) is 4.95. The van der Waals surface area contributed by atoms with Crippen LogP contribution in [0.3, 0.4) is 0 Å². The number of amides is 1. The fourth-order valence-corrected chi connectivity index (χ4v) is 4.65. The number of hydrogen-bond donors (Lipinski definition) is 0. The maximum atomic E-state index is 13.0. The summed E-state index contributed by atoms with van der Waals surface area (Å²) in [6, 6.07) is 15.4. The Labute approximate surface area is 161 Å². The molecule has 0 bridgehead atoms.